The minimum Gasteiger partial charge on any atom is -0.489 e. The molecule has 1 aliphatic rings. The van der Waals surface area contributed by atoms with Gasteiger partial charge in [-0.1, -0.05) is 24.3 Å². The number of sulfonamides is 1. The largest absolute Gasteiger partial charge is 0.489 e. The molecular weight excluding hydrogens is 362 g/mol. The molecule has 1 heterocycles. The first-order valence-corrected chi connectivity index (χ1v) is 10.6. The average molecular weight is 385 g/mol. The van der Waals surface area contributed by atoms with Crippen molar-refractivity contribution in [2.75, 3.05) is 25.4 Å². The zero-order chi connectivity index (χ0) is 19.1. The lowest BCUT2D eigenvalue weighted by Crippen LogP contribution is -2.33. The number of hydrogen-bond acceptors (Lipinski definition) is 5. The van der Waals surface area contributed by atoms with Crippen LogP contribution >= 0.6 is 0 Å². The van der Waals surface area contributed by atoms with Gasteiger partial charge in [0.1, 0.15) is 12.4 Å². The van der Waals surface area contributed by atoms with Crippen molar-refractivity contribution in [2.24, 2.45) is 0 Å². The summed E-state index contributed by atoms with van der Waals surface area (Å²) in [6.45, 7) is 2.80. The SMILES string of the molecule is N#Cc1cccc(COc2cccc(CNCCN3CCCS3(=O)=O)c2)c1. The zero-order valence-electron chi connectivity index (χ0n) is 15.1. The topological polar surface area (TPSA) is 82.4 Å². The van der Waals surface area contributed by atoms with Crippen molar-refractivity contribution in [1.82, 2.24) is 9.62 Å². The van der Waals surface area contributed by atoms with E-state index in [0.717, 1.165) is 23.3 Å². The van der Waals surface area contributed by atoms with Gasteiger partial charge in [-0.15, -0.1) is 0 Å². The van der Waals surface area contributed by atoms with Crippen molar-refractivity contribution in [3.8, 4) is 11.8 Å². The fourth-order valence-electron chi connectivity index (χ4n) is 3.02. The van der Waals surface area contributed by atoms with Crippen molar-refractivity contribution in [3.05, 3.63) is 65.2 Å². The molecule has 3 rings (SSSR count). The highest BCUT2D eigenvalue weighted by Gasteiger charge is 2.27. The van der Waals surface area contributed by atoms with E-state index in [9.17, 15) is 8.42 Å². The lowest BCUT2D eigenvalue weighted by atomic mass is 10.1. The highest BCUT2D eigenvalue weighted by Crippen LogP contribution is 2.16. The van der Waals surface area contributed by atoms with Gasteiger partial charge in [-0.3, -0.25) is 0 Å². The molecule has 2 aromatic carbocycles. The fraction of sp³-hybridized carbons (Fsp3) is 0.350. The second-order valence-corrected chi connectivity index (χ2v) is 8.58. The maximum absolute atomic E-state index is 11.8. The van der Waals surface area contributed by atoms with Crippen molar-refractivity contribution in [2.45, 2.75) is 19.6 Å². The summed E-state index contributed by atoms with van der Waals surface area (Å²) in [7, 11) is -3.02. The summed E-state index contributed by atoms with van der Waals surface area (Å²) < 4.78 is 30.9. The first-order chi connectivity index (χ1) is 13.1. The average Bonchev–Trinajstić information content (AvgIpc) is 3.02. The molecule has 0 radical (unpaired) electrons. The standard InChI is InChI=1S/C20H23N3O3S/c21-14-17-4-1-6-19(12-17)16-26-20-7-2-5-18(13-20)15-22-8-10-23-9-3-11-27(23,24)25/h1-2,4-7,12-13,22H,3,8-11,15-16H2. The quantitative estimate of drug-likeness (QED) is 0.705. The molecule has 1 fully saturated rings. The van der Waals surface area contributed by atoms with Gasteiger partial charge in [0.2, 0.25) is 10.0 Å². The molecule has 6 nitrogen and oxygen atoms in total. The van der Waals surface area contributed by atoms with Gasteiger partial charge in [0.25, 0.3) is 0 Å². The van der Waals surface area contributed by atoms with E-state index >= 15 is 0 Å². The molecule has 0 aliphatic carbocycles. The minimum absolute atomic E-state index is 0.268. The molecule has 1 saturated heterocycles. The van der Waals surface area contributed by atoms with Crippen molar-refractivity contribution in [1.29, 1.82) is 5.26 Å². The molecule has 0 spiro atoms. The van der Waals surface area contributed by atoms with Gasteiger partial charge in [-0.25, -0.2) is 12.7 Å². The van der Waals surface area contributed by atoms with Crippen LogP contribution < -0.4 is 10.1 Å². The zero-order valence-corrected chi connectivity index (χ0v) is 15.9. The van der Waals surface area contributed by atoms with Crippen molar-refractivity contribution >= 4 is 10.0 Å². The van der Waals surface area contributed by atoms with Crippen molar-refractivity contribution in [3.63, 3.8) is 0 Å². The fourth-order valence-corrected chi connectivity index (χ4v) is 4.55. The van der Waals surface area contributed by atoms with Gasteiger partial charge in [0.15, 0.2) is 0 Å². The number of hydrogen-bond donors (Lipinski definition) is 1. The number of ether oxygens (including phenoxy) is 1. The minimum atomic E-state index is -3.02. The molecule has 0 unspecified atom stereocenters. The summed E-state index contributed by atoms with van der Waals surface area (Å²) in [5.74, 6) is 1.03. The predicted molar refractivity (Wildman–Crippen MR) is 104 cm³/mol. The summed E-state index contributed by atoms with van der Waals surface area (Å²) in [6.07, 6.45) is 0.721. The third kappa shape index (κ3) is 5.54. The predicted octanol–water partition coefficient (Wildman–Crippen LogP) is 2.26. The number of rotatable bonds is 8. The smallest absolute Gasteiger partial charge is 0.214 e. The molecule has 1 N–H and O–H groups in total. The molecule has 1 aliphatic heterocycles. The third-order valence-corrected chi connectivity index (χ3v) is 6.39. The van der Waals surface area contributed by atoms with E-state index < -0.39 is 10.0 Å². The van der Waals surface area contributed by atoms with E-state index in [2.05, 4.69) is 11.4 Å². The Morgan fingerprint density at radius 3 is 2.74 bits per heavy atom. The number of benzene rings is 2. The number of nitrogens with one attached hydrogen (secondary N) is 1. The van der Waals surface area contributed by atoms with Crippen LogP contribution in [0.3, 0.4) is 0 Å². The maximum Gasteiger partial charge on any atom is 0.214 e. The maximum atomic E-state index is 11.8. The summed E-state index contributed by atoms with van der Waals surface area (Å²) in [5.41, 5.74) is 2.64. The summed E-state index contributed by atoms with van der Waals surface area (Å²) in [4.78, 5) is 0. The van der Waals surface area contributed by atoms with E-state index in [4.69, 9.17) is 10.00 Å². The first-order valence-electron chi connectivity index (χ1n) is 8.96. The van der Waals surface area contributed by atoms with Crippen LogP contribution in [0.25, 0.3) is 0 Å². The molecule has 0 aromatic heterocycles. The van der Waals surface area contributed by atoms with Gasteiger partial charge in [-0.2, -0.15) is 5.26 Å². The summed E-state index contributed by atoms with van der Waals surface area (Å²) >= 11 is 0. The first kappa shape index (κ1) is 19.4. The van der Waals surface area contributed by atoms with E-state index in [0.29, 0.717) is 38.3 Å². The Labute approximate surface area is 160 Å². The highest BCUT2D eigenvalue weighted by molar-refractivity contribution is 7.89. The number of nitrogens with zero attached hydrogens (tertiary/aromatic N) is 2. The van der Waals surface area contributed by atoms with Gasteiger partial charge >= 0.3 is 0 Å². The lowest BCUT2D eigenvalue weighted by molar-refractivity contribution is 0.306. The Balaban J connectivity index is 1.46. The molecule has 7 heteroatoms. The Bertz CT molecular complexity index is 922. The molecule has 0 bridgehead atoms. The third-order valence-electron chi connectivity index (χ3n) is 4.43. The Hall–Kier alpha value is -2.40. The van der Waals surface area contributed by atoms with Gasteiger partial charge in [0.05, 0.1) is 17.4 Å². The van der Waals surface area contributed by atoms with E-state index in [1.54, 1.807) is 10.4 Å². The van der Waals surface area contributed by atoms with Crippen LogP contribution in [0.15, 0.2) is 48.5 Å². The Kier molecular flexibility index (Phi) is 6.45. The van der Waals surface area contributed by atoms with Crippen LogP contribution in [0, 0.1) is 11.3 Å². The van der Waals surface area contributed by atoms with E-state index in [1.165, 1.54) is 0 Å². The highest BCUT2D eigenvalue weighted by atomic mass is 32.2. The lowest BCUT2D eigenvalue weighted by Gasteiger charge is -2.14. The van der Waals surface area contributed by atoms with Gasteiger partial charge < -0.3 is 10.1 Å². The molecule has 142 valence electrons. The Morgan fingerprint density at radius 1 is 1.15 bits per heavy atom. The van der Waals surface area contributed by atoms with Crippen LogP contribution in [0.5, 0.6) is 5.75 Å². The molecule has 0 atom stereocenters. The molecule has 2 aromatic rings. The second-order valence-electron chi connectivity index (χ2n) is 6.49. The molecular formula is C20H23N3O3S. The van der Waals surface area contributed by atoms with Gasteiger partial charge in [0, 0.05) is 26.2 Å². The second kappa shape index (κ2) is 9.00. The van der Waals surface area contributed by atoms with Crippen LogP contribution in [-0.2, 0) is 23.2 Å². The monoisotopic (exact) mass is 385 g/mol. The summed E-state index contributed by atoms with van der Waals surface area (Å²) in [5, 5.41) is 12.2. The number of nitriles is 1. The van der Waals surface area contributed by atoms with E-state index in [-0.39, 0.29) is 5.75 Å². The van der Waals surface area contributed by atoms with Crippen LogP contribution in [0.1, 0.15) is 23.1 Å². The Morgan fingerprint density at radius 2 is 1.96 bits per heavy atom. The summed E-state index contributed by atoms with van der Waals surface area (Å²) in [6, 6.07) is 17.3. The van der Waals surface area contributed by atoms with Gasteiger partial charge in [-0.05, 0) is 41.8 Å². The van der Waals surface area contributed by atoms with Crippen LogP contribution in [-0.4, -0.2) is 38.1 Å². The normalized spacial score (nSPS) is 16.1. The molecule has 0 saturated carbocycles. The van der Waals surface area contributed by atoms with Crippen LogP contribution in [0.4, 0.5) is 0 Å². The van der Waals surface area contributed by atoms with Crippen molar-refractivity contribution < 1.29 is 13.2 Å². The van der Waals surface area contributed by atoms with Crippen LogP contribution in [0.2, 0.25) is 0 Å². The molecule has 27 heavy (non-hydrogen) atoms. The van der Waals surface area contributed by atoms with E-state index in [1.807, 2.05) is 42.5 Å². The molecule has 0 amide bonds.